The SMILES string of the molecule is O=C(O)c1ccccc1CN1CCO[C@@H](Cc2ccccc2Cl)C1. The second-order valence-electron chi connectivity index (χ2n) is 5.99. The van der Waals surface area contributed by atoms with E-state index >= 15 is 0 Å². The molecule has 0 radical (unpaired) electrons. The lowest BCUT2D eigenvalue weighted by Gasteiger charge is -2.33. The summed E-state index contributed by atoms with van der Waals surface area (Å²) in [5.41, 5.74) is 2.28. The fraction of sp³-hybridized carbons (Fsp3) is 0.316. The maximum Gasteiger partial charge on any atom is 0.336 e. The highest BCUT2D eigenvalue weighted by Crippen LogP contribution is 2.21. The maximum atomic E-state index is 11.3. The van der Waals surface area contributed by atoms with Gasteiger partial charge in [0.1, 0.15) is 0 Å². The monoisotopic (exact) mass is 345 g/mol. The molecule has 0 aliphatic carbocycles. The number of hydrogen-bond acceptors (Lipinski definition) is 3. The van der Waals surface area contributed by atoms with Gasteiger partial charge < -0.3 is 9.84 Å². The summed E-state index contributed by atoms with van der Waals surface area (Å²) in [6.45, 7) is 2.82. The molecule has 1 N–H and O–H groups in total. The fourth-order valence-electron chi connectivity index (χ4n) is 3.06. The highest BCUT2D eigenvalue weighted by atomic mass is 35.5. The molecule has 0 amide bonds. The Labute approximate surface area is 146 Å². The summed E-state index contributed by atoms with van der Waals surface area (Å²) >= 11 is 6.23. The van der Waals surface area contributed by atoms with Crippen molar-refractivity contribution in [1.29, 1.82) is 0 Å². The molecule has 2 aromatic carbocycles. The minimum absolute atomic E-state index is 0.0654. The molecule has 1 aliphatic rings. The van der Waals surface area contributed by atoms with E-state index in [1.807, 2.05) is 36.4 Å². The quantitative estimate of drug-likeness (QED) is 0.901. The number of carboxylic acid groups (broad SMARTS) is 1. The van der Waals surface area contributed by atoms with Gasteiger partial charge >= 0.3 is 5.97 Å². The summed E-state index contributed by atoms with van der Waals surface area (Å²) in [6, 6.07) is 15.0. The number of rotatable bonds is 5. The lowest BCUT2D eigenvalue weighted by Crippen LogP contribution is -2.43. The predicted octanol–water partition coefficient (Wildman–Crippen LogP) is 3.48. The van der Waals surface area contributed by atoms with Crippen molar-refractivity contribution in [2.45, 2.75) is 19.1 Å². The molecule has 5 heteroatoms. The molecule has 0 saturated carbocycles. The highest BCUT2D eigenvalue weighted by molar-refractivity contribution is 6.31. The maximum absolute atomic E-state index is 11.3. The van der Waals surface area contributed by atoms with Crippen molar-refractivity contribution in [3.63, 3.8) is 0 Å². The van der Waals surface area contributed by atoms with E-state index in [2.05, 4.69) is 4.90 Å². The van der Waals surface area contributed by atoms with Crippen LogP contribution in [0.15, 0.2) is 48.5 Å². The smallest absolute Gasteiger partial charge is 0.336 e. The second-order valence-corrected chi connectivity index (χ2v) is 6.39. The summed E-state index contributed by atoms with van der Waals surface area (Å²) in [5, 5.41) is 10.1. The number of hydrogen-bond donors (Lipinski definition) is 1. The van der Waals surface area contributed by atoms with Crippen LogP contribution in [0, 0.1) is 0 Å². The van der Waals surface area contributed by atoms with Gasteiger partial charge in [-0.2, -0.15) is 0 Å². The molecule has 2 aromatic rings. The molecule has 1 fully saturated rings. The van der Waals surface area contributed by atoms with Crippen LogP contribution in [0.3, 0.4) is 0 Å². The van der Waals surface area contributed by atoms with E-state index < -0.39 is 5.97 Å². The summed E-state index contributed by atoms with van der Waals surface area (Å²) in [5.74, 6) is -0.883. The standard InChI is InChI=1S/C19H20ClNO3/c20-18-8-4-2-5-14(18)11-16-13-21(9-10-24-16)12-15-6-1-3-7-17(15)19(22)23/h1-8,16H,9-13H2,(H,22,23)/t16-/m0/s1. The fourth-order valence-corrected chi connectivity index (χ4v) is 3.28. The Morgan fingerprint density at radius 1 is 1.17 bits per heavy atom. The van der Waals surface area contributed by atoms with Crippen molar-refractivity contribution in [3.05, 3.63) is 70.2 Å². The molecule has 126 valence electrons. The third kappa shape index (κ3) is 4.15. The minimum Gasteiger partial charge on any atom is -0.478 e. The zero-order valence-corrected chi connectivity index (χ0v) is 14.1. The normalized spacial score (nSPS) is 18.5. The molecular formula is C19H20ClNO3. The molecule has 1 atom stereocenters. The topological polar surface area (TPSA) is 49.8 Å². The summed E-state index contributed by atoms with van der Waals surface area (Å²) in [4.78, 5) is 13.6. The average molecular weight is 346 g/mol. The number of morpholine rings is 1. The first kappa shape index (κ1) is 17.0. The van der Waals surface area contributed by atoms with Gasteiger partial charge in [-0.15, -0.1) is 0 Å². The number of nitrogens with zero attached hydrogens (tertiary/aromatic N) is 1. The number of benzene rings is 2. The molecule has 24 heavy (non-hydrogen) atoms. The Balaban J connectivity index is 1.66. The Bertz CT molecular complexity index is 719. The number of halogens is 1. The van der Waals surface area contributed by atoms with Gasteiger partial charge in [0.15, 0.2) is 0 Å². The van der Waals surface area contributed by atoms with Crippen LogP contribution >= 0.6 is 11.6 Å². The van der Waals surface area contributed by atoms with E-state index in [1.54, 1.807) is 12.1 Å². The van der Waals surface area contributed by atoms with E-state index in [9.17, 15) is 9.90 Å². The van der Waals surface area contributed by atoms with Crippen LogP contribution in [0.5, 0.6) is 0 Å². The Morgan fingerprint density at radius 2 is 1.88 bits per heavy atom. The molecule has 0 unspecified atom stereocenters. The van der Waals surface area contributed by atoms with Gasteiger partial charge in [-0.05, 0) is 23.3 Å². The Hall–Kier alpha value is -1.88. The molecule has 0 aromatic heterocycles. The summed E-state index contributed by atoms with van der Waals surface area (Å²) in [7, 11) is 0. The van der Waals surface area contributed by atoms with Crippen LogP contribution < -0.4 is 0 Å². The van der Waals surface area contributed by atoms with Crippen LogP contribution in [0.1, 0.15) is 21.5 Å². The summed E-state index contributed by atoms with van der Waals surface area (Å²) < 4.78 is 5.87. The molecule has 1 saturated heterocycles. The first-order valence-corrected chi connectivity index (χ1v) is 8.40. The van der Waals surface area contributed by atoms with E-state index in [1.165, 1.54) is 0 Å². The lowest BCUT2D eigenvalue weighted by atomic mass is 10.0. The van der Waals surface area contributed by atoms with Crippen LogP contribution in [-0.4, -0.2) is 41.8 Å². The molecule has 3 rings (SSSR count). The van der Waals surface area contributed by atoms with Gasteiger partial charge in [-0.1, -0.05) is 48.0 Å². The zero-order valence-electron chi connectivity index (χ0n) is 13.3. The molecule has 0 spiro atoms. The van der Waals surface area contributed by atoms with Crippen LogP contribution in [0.2, 0.25) is 5.02 Å². The van der Waals surface area contributed by atoms with Crippen molar-refractivity contribution in [2.24, 2.45) is 0 Å². The zero-order chi connectivity index (χ0) is 16.9. The van der Waals surface area contributed by atoms with Crippen molar-refractivity contribution in [3.8, 4) is 0 Å². The minimum atomic E-state index is -0.883. The third-order valence-electron chi connectivity index (χ3n) is 4.27. The molecule has 1 aliphatic heterocycles. The van der Waals surface area contributed by atoms with Gasteiger partial charge in [0.05, 0.1) is 18.3 Å². The van der Waals surface area contributed by atoms with Gasteiger partial charge in [-0.3, -0.25) is 4.90 Å². The van der Waals surface area contributed by atoms with Gasteiger partial charge in [0.25, 0.3) is 0 Å². The largest absolute Gasteiger partial charge is 0.478 e. The van der Waals surface area contributed by atoms with E-state index in [-0.39, 0.29) is 6.10 Å². The second kappa shape index (κ2) is 7.79. The van der Waals surface area contributed by atoms with Crippen molar-refractivity contribution in [1.82, 2.24) is 4.90 Å². The number of carbonyl (C=O) groups is 1. The average Bonchev–Trinajstić information content (AvgIpc) is 2.58. The molecule has 0 bridgehead atoms. The van der Waals surface area contributed by atoms with Gasteiger partial charge in [0, 0.05) is 31.1 Å². The predicted molar refractivity (Wildman–Crippen MR) is 93.6 cm³/mol. The van der Waals surface area contributed by atoms with Crippen molar-refractivity contribution in [2.75, 3.05) is 19.7 Å². The van der Waals surface area contributed by atoms with Gasteiger partial charge in [-0.25, -0.2) is 4.79 Å². The lowest BCUT2D eigenvalue weighted by molar-refractivity contribution is -0.0305. The first-order chi connectivity index (χ1) is 11.6. The van der Waals surface area contributed by atoms with Crippen molar-refractivity contribution < 1.29 is 14.6 Å². The van der Waals surface area contributed by atoms with Gasteiger partial charge in [0.2, 0.25) is 0 Å². The molecule has 4 nitrogen and oxygen atoms in total. The van der Waals surface area contributed by atoms with E-state index in [0.717, 1.165) is 35.7 Å². The molecule has 1 heterocycles. The van der Waals surface area contributed by atoms with Crippen LogP contribution in [0.25, 0.3) is 0 Å². The Morgan fingerprint density at radius 3 is 2.62 bits per heavy atom. The number of aromatic carboxylic acids is 1. The van der Waals surface area contributed by atoms with E-state index in [0.29, 0.717) is 18.7 Å². The van der Waals surface area contributed by atoms with Crippen LogP contribution in [-0.2, 0) is 17.7 Å². The van der Waals surface area contributed by atoms with Crippen molar-refractivity contribution >= 4 is 17.6 Å². The van der Waals surface area contributed by atoms with Crippen LogP contribution in [0.4, 0.5) is 0 Å². The number of ether oxygens (including phenoxy) is 1. The van der Waals surface area contributed by atoms with E-state index in [4.69, 9.17) is 16.3 Å². The summed E-state index contributed by atoms with van der Waals surface area (Å²) in [6.07, 6.45) is 0.826. The first-order valence-electron chi connectivity index (χ1n) is 8.02. The molecular weight excluding hydrogens is 326 g/mol. The third-order valence-corrected chi connectivity index (χ3v) is 4.64. The number of carboxylic acids is 1. The highest BCUT2D eigenvalue weighted by Gasteiger charge is 2.22. The Kier molecular flexibility index (Phi) is 5.51.